The van der Waals surface area contributed by atoms with E-state index in [1.54, 1.807) is 7.11 Å². The second-order valence-corrected chi connectivity index (χ2v) is 5.94. The van der Waals surface area contributed by atoms with Gasteiger partial charge in [0.25, 0.3) is 0 Å². The first kappa shape index (κ1) is 16.5. The molecule has 3 heteroatoms. The molecule has 3 nitrogen and oxygen atoms in total. The zero-order valence-electron chi connectivity index (χ0n) is 13.5. The first-order valence-electron chi connectivity index (χ1n) is 7.65. The van der Waals surface area contributed by atoms with Crippen molar-refractivity contribution in [3.8, 4) is 5.75 Å². The van der Waals surface area contributed by atoms with Crippen molar-refractivity contribution < 1.29 is 9.84 Å². The minimum Gasteiger partial charge on any atom is -0.497 e. The molecule has 0 amide bonds. The van der Waals surface area contributed by atoms with Gasteiger partial charge < -0.3 is 15.2 Å². The van der Waals surface area contributed by atoms with Crippen molar-refractivity contribution in [2.75, 3.05) is 20.2 Å². The van der Waals surface area contributed by atoms with Crippen molar-refractivity contribution in [1.82, 2.24) is 5.32 Å². The maximum Gasteiger partial charge on any atom is 0.118 e. The Kier molecular flexibility index (Phi) is 5.58. The largest absolute Gasteiger partial charge is 0.497 e. The summed E-state index contributed by atoms with van der Waals surface area (Å²) in [5, 5.41) is 13.9. The molecule has 0 aromatic heterocycles. The smallest absolute Gasteiger partial charge is 0.118 e. The van der Waals surface area contributed by atoms with Crippen LogP contribution >= 0.6 is 0 Å². The van der Waals surface area contributed by atoms with E-state index in [4.69, 9.17) is 4.74 Å². The van der Waals surface area contributed by atoms with E-state index in [2.05, 4.69) is 24.4 Å². The maximum absolute atomic E-state index is 10.6. The van der Waals surface area contributed by atoms with E-state index in [0.29, 0.717) is 12.5 Å². The van der Waals surface area contributed by atoms with E-state index in [0.717, 1.165) is 17.9 Å². The molecule has 0 aliphatic rings. The average molecular weight is 299 g/mol. The quantitative estimate of drug-likeness (QED) is 0.824. The van der Waals surface area contributed by atoms with E-state index in [1.807, 2.05) is 49.4 Å². The topological polar surface area (TPSA) is 41.5 Å². The Labute approximate surface area is 133 Å². The standard InChI is InChI=1S/C19H25NO2/c1-15(16-9-11-18(22-3)12-10-16)13-20-14-19(2,21)17-7-5-4-6-8-17/h4-12,15,20-21H,13-14H2,1-3H3. The van der Waals surface area contributed by atoms with Crippen LogP contribution in [0.25, 0.3) is 0 Å². The summed E-state index contributed by atoms with van der Waals surface area (Å²) in [6, 6.07) is 17.9. The zero-order valence-corrected chi connectivity index (χ0v) is 13.5. The minimum absolute atomic E-state index is 0.373. The molecule has 0 saturated heterocycles. The van der Waals surface area contributed by atoms with Crippen LogP contribution in [0, 0.1) is 0 Å². The van der Waals surface area contributed by atoms with E-state index < -0.39 is 5.60 Å². The van der Waals surface area contributed by atoms with Gasteiger partial charge >= 0.3 is 0 Å². The van der Waals surface area contributed by atoms with Crippen LogP contribution in [0.2, 0.25) is 0 Å². The highest BCUT2D eigenvalue weighted by Gasteiger charge is 2.22. The van der Waals surface area contributed by atoms with Crippen LogP contribution < -0.4 is 10.1 Å². The third kappa shape index (κ3) is 4.33. The van der Waals surface area contributed by atoms with Crippen molar-refractivity contribution in [3.05, 3.63) is 65.7 Å². The van der Waals surface area contributed by atoms with Gasteiger partial charge in [-0.15, -0.1) is 0 Å². The normalized spacial score (nSPS) is 15.1. The Bertz CT molecular complexity index is 564. The lowest BCUT2D eigenvalue weighted by Crippen LogP contribution is -2.36. The third-order valence-electron chi connectivity index (χ3n) is 4.00. The second kappa shape index (κ2) is 7.43. The summed E-state index contributed by atoms with van der Waals surface area (Å²) in [4.78, 5) is 0. The van der Waals surface area contributed by atoms with Crippen molar-refractivity contribution in [2.24, 2.45) is 0 Å². The lowest BCUT2D eigenvalue weighted by molar-refractivity contribution is 0.0569. The van der Waals surface area contributed by atoms with Gasteiger partial charge in [-0.3, -0.25) is 0 Å². The molecule has 0 fully saturated rings. The molecule has 2 rings (SSSR count). The van der Waals surface area contributed by atoms with Gasteiger partial charge in [-0.2, -0.15) is 0 Å². The second-order valence-electron chi connectivity index (χ2n) is 5.94. The van der Waals surface area contributed by atoms with Crippen LogP contribution in [0.1, 0.15) is 30.9 Å². The maximum atomic E-state index is 10.6. The van der Waals surface area contributed by atoms with Gasteiger partial charge in [-0.05, 0) is 36.1 Å². The Hall–Kier alpha value is -1.84. The van der Waals surface area contributed by atoms with Crippen LogP contribution in [0.15, 0.2) is 54.6 Å². The van der Waals surface area contributed by atoms with Gasteiger partial charge in [0.1, 0.15) is 5.75 Å². The van der Waals surface area contributed by atoms with Crippen LogP contribution in [0.3, 0.4) is 0 Å². The molecule has 2 N–H and O–H groups in total. The predicted molar refractivity (Wildman–Crippen MR) is 90.3 cm³/mol. The number of hydrogen-bond donors (Lipinski definition) is 2. The molecular weight excluding hydrogens is 274 g/mol. The molecule has 0 heterocycles. The molecule has 118 valence electrons. The number of rotatable bonds is 7. The van der Waals surface area contributed by atoms with Crippen LogP contribution in [-0.4, -0.2) is 25.3 Å². The first-order valence-corrected chi connectivity index (χ1v) is 7.65. The Morgan fingerprint density at radius 3 is 2.32 bits per heavy atom. The van der Waals surface area contributed by atoms with Crippen molar-refractivity contribution in [1.29, 1.82) is 0 Å². The van der Waals surface area contributed by atoms with E-state index >= 15 is 0 Å². The molecule has 0 aliphatic carbocycles. The van der Waals surface area contributed by atoms with Gasteiger partial charge in [0.15, 0.2) is 0 Å². The predicted octanol–water partition coefficient (Wildman–Crippen LogP) is 3.30. The fraction of sp³-hybridized carbons (Fsp3) is 0.368. The third-order valence-corrected chi connectivity index (χ3v) is 4.00. The molecular formula is C19H25NO2. The number of hydrogen-bond acceptors (Lipinski definition) is 3. The van der Waals surface area contributed by atoms with Crippen molar-refractivity contribution >= 4 is 0 Å². The summed E-state index contributed by atoms with van der Waals surface area (Å²) in [6.07, 6.45) is 0. The van der Waals surface area contributed by atoms with Gasteiger partial charge in [-0.1, -0.05) is 49.4 Å². The highest BCUT2D eigenvalue weighted by Crippen LogP contribution is 2.21. The SMILES string of the molecule is COc1ccc(C(C)CNCC(C)(O)c2ccccc2)cc1. The molecule has 2 unspecified atom stereocenters. The highest BCUT2D eigenvalue weighted by molar-refractivity contribution is 5.29. The van der Waals surface area contributed by atoms with Crippen molar-refractivity contribution in [3.63, 3.8) is 0 Å². The van der Waals surface area contributed by atoms with Crippen LogP contribution in [0.4, 0.5) is 0 Å². The van der Waals surface area contributed by atoms with Gasteiger partial charge in [-0.25, -0.2) is 0 Å². The summed E-state index contributed by atoms with van der Waals surface area (Å²) in [5.74, 6) is 1.24. The van der Waals surface area contributed by atoms with E-state index in [-0.39, 0.29) is 0 Å². The summed E-state index contributed by atoms with van der Waals surface area (Å²) < 4.78 is 5.18. The Morgan fingerprint density at radius 1 is 1.09 bits per heavy atom. The fourth-order valence-corrected chi connectivity index (χ4v) is 2.48. The van der Waals surface area contributed by atoms with Gasteiger partial charge in [0.2, 0.25) is 0 Å². The molecule has 2 aromatic rings. The van der Waals surface area contributed by atoms with Crippen LogP contribution in [0.5, 0.6) is 5.75 Å². The number of benzene rings is 2. The summed E-state index contributed by atoms with van der Waals surface area (Å²) in [6.45, 7) is 5.35. The average Bonchev–Trinajstić information content (AvgIpc) is 2.55. The number of aliphatic hydroxyl groups is 1. The van der Waals surface area contributed by atoms with Gasteiger partial charge in [0.05, 0.1) is 12.7 Å². The lowest BCUT2D eigenvalue weighted by Gasteiger charge is -2.25. The Morgan fingerprint density at radius 2 is 1.73 bits per heavy atom. The lowest BCUT2D eigenvalue weighted by atomic mass is 9.95. The molecule has 0 saturated carbocycles. The molecule has 2 atom stereocenters. The summed E-state index contributed by atoms with van der Waals surface area (Å²) in [7, 11) is 1.67. The van der Waals surface area contributed by atoms with Crippen molar-refractivity contribution in [2.45, 2.75) is 25.4 Å². The van der Waals surface area contributed by atoms with Crippen LogP contribution in [-0.2, 0) is 5.60 Å². The first-order chi connectivity index (χ1) is 10.5. The summed E-state index contributed by atoms with van der Waals surface area (Å²) >= 11 is 0. The molecule has 0 bridgehead atoms. The highest BCUT2D eigenvalue weighted by atomic mass is 16.5. The summed E-state index contributed by atoms with van der Waals surface area (Å²) in [5.41, 5.74) is 1.33. The number of nitrogens with one attached hydrogen (secondary N) is 1. The van der Waals surface area contributed by atoms with E-state index in [1.165, 1.54) is 5.56 Å². The monoisotopic (exact) mass is 299 g/mol. The molecule has 2 aromatic carbocycles. The fourth-order valence-electron chi connectivity index (χ4n) is 2.48. The Balaban J connectivity index is 1.87. The minimum atomic E-state index is -0.860. The molecule has 0 aliphatic heterocycles. The van der Waals surface area contributed by atoms with Gasteiger partial charge in [0, 0.05) is 13.1 Å². The number of methoxy groups -OCH3 is 1. The van der Waals surface area contributed by atoms with E-state index in [9.17, 15) is 5.11 Å². The molecule has 0 spiro atoms. The molecule has 0 radical (unpaired) electrons. The zero-order chi connectivity index (χ0) is 16.0. The number of ether oxygens (including phenoxy) is 1. The molecule has 22 heavy (non-hydrogen) atoms.